The minimum absolute atomic E-state index is 0.0527. The highest BCUT2D eigenvalue weighted by Crippen LogP contribution is 2.52. The lowest BCUT2D eigenvalue weighted by Crippen LogP contribution is -2.13. The van der Waals surface area contributed by atoms with Gasteiger partial charge in [0.1, 0.15) is 0 Å². The molecule has 1 nitrogen and oxygen atoms in total. The molecular weight excluding hydrogens is 462 g/mol. The molecule has 2 heterocycles. The van der Waals surface area contributed by atoms with E-state index < -0.39 is 0 Å². The lowest BCUT2D eigenvalue weighted by molar-refractivity contribution is 0.596. The highest BCUT2D eigenvalue weighted by atomic mass is 32.2. The van der Waals surface area contributed by atoms with Crippen LogP contribution in [0.25, 0.3) is 22.0 Å². The van der Waals surface area contributed by atoms with Gasteiger partial charge in [0.15, 0.2) is 0 Å². The van der Waals surface area contributed by atoms with E-state index >= 15 is 0 Å². The van der Waals surface area contributed by atoms with Crippen molar-refractivity contribution in [3.8, 4) is 11.3 Å². The first-order chi connectivity index (χ1) is 16.6. The number of hydrogen-bond acceptors (Lipinski definition) is 3. The van der Waals surface area contributed by atoms with E-state index in [0.717, 1.165) is 17.0 Å². The molecule has 35 heavy (non-hydrogen) atoms. The van der Waals surface area contributed by atoms with Crippen LogP contribution in [0.15, 0.2) is 87.8 Å². The Morgan fingerprint density at radius 2 is 1.89 bits per heavy atom. The molecule has 3 aromatic rings. The number of pyridine rings is 1. The molecule has 2 atom stereocenters. The average molecular weight is 498 g/mol. The van der Waals surface area contributed by atoms with E-state index in [2.05, 4.69) is 102 Å². The summed E-state index contributed by atoms with van der Waals surface area (Å²) in [5.41, 5.74) is 7.87. The van der Waals surface area contributed by atoms with Gasteiger partial charge in [0, 0.05) is 33.4 Å². The summed E-state index contributed by atoms with van der Waals surface area (Å²) in [5, 5.41) is 3.01. The largest absolute Gasteiger partial charge is 0.256 e. The molecule has 2 unspecified atom stereocenters. The molecule has 5 rings (SSSR count). The van der Waals surface area contributed by atoms with Crippen molar-refractivity contribution in [2.24, 2.45) is 5.92 Å². The van der Waals surface area contributed by atoms with Gasteiger partial charge >= 0.3 is 0 Å². The Morgan fingerprint density at radius 1 is 1.11 bits per heavy atom. The molecule has 3 heteroatoms. The van der Waals surface area contributed by atoms with Crippen LogP contribution in [0.4, 0.5) is 0 Å². The number of allylic oxidation sites excluding steroid dienone is 5. The summed E-state index contributed by atoms with van der Waals surface area (Å²) >= 11 is 6.72. The maximum Gasteiger partial charge on any atom is 0.0751 e. The summed E-state index contributed by atoms with van der Waals surface area (Å²) in [6, 6.07) is 15.7. The van der Waals surface area contributed by atoms with Crippen molar-refractivity contribution in [3.05, 3.63) is 94.1 Å². The molecule has 180 valence electrons. The van der Waals surface area contributed by atoms with E-state index in [0.29, 0.717) is 17.1 Å². The van der Waals surface area contributed by atoms with Crippen LogP contribution in [0, 0.1) is 5.92 Å². The Labute approximate surface area is 220 Å². The second-order valence-electron chi connectivity index (χ2n) is 11.3. The van der Waals surface area contributed by atoms with Gasteiger partial charge in [-0.05, 0) is 75.3 Å². The number of aromatic nitrogens is 1. The molecule has 2 aromatic carbocycles. The number of rotatable bonds is 4. The molecule has 1 aliphatic heterocycles. The van der Waals surface area contributed by atoms with Crippen molar-refractivity contribution in [2.75, 3.05) is 0 Å². The topological polar surface area (TPSA) is 12.9 Å². The van der Waals surface area contributed by atoms with Crippen molar-refractivity contribution in [2.45, 2.75) is 69.4 Å². The summed E-state index contributed by atoms with van der Waals surface area (Å²) in [4.78, 5) is 7.46. The third-order valence-electron chi connectivity index (χ3n) is 7.07. The van der Waals surface area contributed by atoms with Gasteiger partial charge in [0.25, 0.3) is 0 Å². The van der Waals surface area contributed by atoms with Gasteiger partial charge in [0.05, 0.1) is 5.69 Å². The molecular formula is C32H35NS2. The van der Waals surface area contributed by atoms with E-state index in [1.54, 1.807) is 0 Å². The minimum atomic E-state index is 0.0527. The molecule has 1 aromatic heterocycles. The van der Waals surface area contributed by atoms with Crippen LogP contribution in [0.2, 0.25) is 0 Å². The average Bonchev–Trinajstić information content (AvgIpc) is 3.18. The third-order valence-corrected chi connectivity index (χ3v) is 8.65. The maximum absolute atomic E-state index is 4.97. The Morgan fingerprint density at radius 3 is 2.60 bits per heavy atom. The number of thioether (sulfide) groups is 1. The van der Waals surface area contributed by atoms with Crippen molar-refractivity contribution >= 4 is 35.2 Å². The minimum Gasteiger partial charge on any atom is -0.256 e. The number of thiol groups is 1. The van der Waals surface area contributed by atoms with Gasteiger partial charge in [0.2, 0.25) is 0 Å². The fraction of sp³-hybridized carbons (Fsp3) is 0.344. The zero-order chi connectivity index (χ0) is 24.9. The highest BCUT2D eigenvalue weighted by Gasteiger charge is 2.36. The highest BCUT2D eigenvalue weighted by molar-refractivity contribution is 8.00. The first-order valence-corrected chi connectivity index (χ1v) is 13.9. The molecule has 0 N–H and O–H groups in total. The summed E-state index contributed by atoms with van der Waals surface area (Å²) < 4.78 is 0. The van der Waals surface area contributed by atoms with Crippen molar-refractivity contribution < 1.29 is 0 Å². The van der Waals surface area contributed by atoms with Crippen molar-refractivity contribution in [3.63, 3.8) is 0 Å². The van der Waals surface area contributed by atoms with Gasteiger partial charge in [-0.3, -0.25) is 4.98 Å². The molecule has 1 aliphatic carbocycles. The molecule has 0 amide bonds. The zero-order valence-electron chi connectivity index (χ0n) is 21.6. The van der Waals surface area contributed by atoms with Gasteiger partial charge in [-0.2, -0.15) is 0 Å². The lowest BCUT2D eigenvalue weighted by atomic mass is 9.81. The van der Waals surface area contributed by atoms with Crippen molar-refractivity contribution in [1.29, 1.82) is 0 Å². The summed E-state index contributed by atoms with van der Waals surface area (Å²) in [6.07, 6.45) is 10.2. The molecule has 2 aliphatic rings. The normalized spacial score (nSPS) is 20.1. The fourth-order valence-corrected chi connectivity index (χ4v) is 7.03. The SMILES string of the molecule is C/C(S)=C(\CC(C)C)C1=CC2Sc3ccnc(-c4cc(C(C)(C)C)c5ccccc5c4)c3C2C=C1. The van der Waals surface area contributed by atoms with Crippen molar-refractivity contribution in [1.82, 2.24) is 4.98 Å². The first kappa shape index (κ1) is 24.5. The molecule has 0 saturated heterocycles. The van der Waals surface area contributed by atoms with E-state index in [-0.39, 0.29) is 5.41 Å². The van der Waals surface area contributed by atoms with Gasteiger partial charge in [-0.15, -0.1) is 24.4 Å². The van der Waals surface area contributed by atoms with E-state index in [9.17, 15) is 0 Å². The van der Waals surface area contributed by atoms with Crippen LogP contribution in [0.1, 0.15) is 65.0 Å². The van der Waals surface area contributed by atoms with Gasteiger partial charge in [-0.25, -0.2) is 0 Å². The van der Waals surface area contributed by atoms with Crippen LogP contribution in [-0.4, -0.2) is 10.2 Å². The number of hydrogen-bond donors (Lipinski definition) is 1. The quantitative estimate of drug-likeness (QED) is 0.360. The van der Waals surface area contributed by atoms with Crippen LogP contribution >= 0.6 is 24.4 Å². The van der Waals surface area contributed by atoms with Crippen LogP contribution < -0.4 is 0 Å². The Hall–Kier alpha value is -2.23. The maximum atomic E-state index is 4.97. The van der Waals surface area contributed by atoms with Gasteiger partial charge in [-0.1, -0.05) is 77.1 Å². The monoisotopic (exact) mass is 497 g/mol. The van der Waals surface area contributed by atoms with E-state index in [1.165, 1.54) is 43.5 Å². The van der Waals surface area contributed by atoms with Crippen LogP contribution in [0.5, 0.6) is 0 Å². The zero-order valence-corrected chi connectivity index (χ0v) is 23.3. The number of nitrogens with zero attached hydrogens (tertiary/aromatic N) is 1. The Bertz CT molecular complexity index is 1380. The number of fused-ring (bicyclic) bond motifs is 4. The second kappa shape index (κ2) is 9.33. The molecule has 0 saturated carbocycles. The van der Waals surface area contributed by atoms with E-state index in [4.69, 9.17) is 17.6 Å². The first-order valence-electron chi connectivity index (χ1n) is 12.6. The third kappa shape index (κ3) is 4.66. The summed E-state index contributed by atoms with van der Waals surface area (Å²) in [7, 11) is 0. The molecule has 0 fully saturated rings. The summed E-state index contributed by atoms with van der Waals surface area (Å²) in [6.45, 7) is 13.6. The summed E-state index contributed by atoms with van der Waals surface area (Å²) in [5.74, 6) is 0.945. The predicted molar refractivity (Wildman–Crippen MR) is 157 cm³/mol. The second-order valence-corrected chi connectivity index (χ2v) is 13.2. The lowest BCUT2D eigenvalue weighted by Gasteiger charge is -2.24. The molecule has 0 spiro atoms. The molecule has 0 bridgehead atoms. The smallest absolute Gasteiger partial charge is 0.0751 e. The van der Waals surface area contributed by atoms with E-state index in [1.807, 2.05) is 18.0 Å². The molecule has 0 radical (unpaired) electrons. The van der Waals surface area contributed by atoms with Gasteiger partial charge < -0.3 is 0 Å². The predicted octanol–water partition coefficient (Wildman–Crippen LogP) is 9.50. The fourth-order valence-electron chi connectivity index (χ4n) is 5.43. The van der Waals surface area contributed by atoms with Crippen LogP contribution in [-0.2, 0) is 5.41 Å². The number of benzene rings is 2. The Kier molecular flexibility index (Phi) is 6.52. The standard InChI is InChI=1S/C32H35NS2/c1-19(2)15-26(20(3)34)22-11-12-25-29(18-22)35-28-13-14-33-31(30(25)28)23-16-21-9-7-8-10-24(21)27(17-23)32(4,5)6/h7-14,16-19,25,29,34H,15H2,1-6H3/b26-20-. The van der Waals surface area contributed by atoms with Crippen LogP contribution in [0.3, 0.4) is 0 Å². The Balaban J connectivity index is 1.60.